The molecule has 0 saturated carbocycles. The SMILES string of the molecule is CC(=O)OC[C@@H](OC(C)=O)[C@H](OC(C)=O)[C@@H](OC(C)=O)C1NC(=S)SC1OC(C)=O. The number of hydrogen-bond acceptors (Lipinski definition) is 12. The van der Waals surface area contributed by atoms with Crippen molar-refractivity contribution >= 4 is 58.1 Å². The average Bonchev–Trinajstić information content (AvgIpc) is 2.93. The number of hydrogen-bond donors (Lipinski definition) is 1. The first-order chi connectivity index (χ1) is 13.9. The van der Waals surface area contributed by atoms with Gasteiger partial charge in [0.1, 0.15) is 17.0 Å². The quantitative estimate of drug-likeness (QED) is 0.282. The minimum atomic E-state index is -1.41. The van der Waals surface area contributed by atoms with Crippen LogP contribution in [-0.4, -0.2) is 70.6 Å². The lowest BCUT2D eigenvalue weighted by molar-refractivity contribution is -0.193. The number of nitrogens with one attached hydrogen (secondary N) is 1. The van der Waals surface area contributed by atoms with Gasteiger partial charge in [-0.3, -0.25) is 24.0 Å². The van der Waals surface area contributed by atoms with Crippen LogP contribution in [-0.2, 0) is 47.7 Å². The average molecular weight is 466 g/mol. The van der Waals surface area contributed by atoms with Gasteiger partial charge in [0.25, 0.3) is 0 Å². The Balaban J connectivity index is 3.37. The number of carbonyl (C=O) groups excluding carboxylic acids is 5. The van der Waals surface area contributed by atoms with Crippen molar-refractivity contribution < 1.29 is 47.7 Å². The smallest absolute Gasteiger partial charge is 0.303 e. The molecule has 0 bridgehead atoms. The van der Waals surface area contributed by atoms with Crippen molar-refractivity contribution in [1.82, 2.24) is 5.32 Å². The molecular weight excluding hydrogens is 442 g/mol. The maximum Gasteiger partial charge on any atom is 0.303 e. The number of thioether (sulfide) groups is 1. The molecule has 0 aromatic rings. The summed E-state index contributed by atoms with van der Waals surface area (Å²) in [5, 5.41) is 2.84. The molecule has 0 aromatic heterocycles. The lowest BCUT2D eigenvalue weighted by Gasteiger charge is -2.35. The molecule has 0 radical (unpaired) electrons. The summed E-state index contributed by atoms with van der Waals surface area (Å²) >= 11 is 6.10. The molecule has 1 aliphatic heterocycles. The van der Waals surface area contributed by atoms with Crippen LogP contribution in [0.3, 0.4) is 0 Å². The molecule has 1 heterocycles. The van der Waals surface area contributed by atoms with Crippen molar-refractivity contribution in [2.24, 2.45) is 0 Å². The number of rotatable bonds is 9. The summed E-state index contributed by atoms with van der Waals surface area (Å²) < 4.78 is 26.2. The van der Waals surface area contributed by atoms with Crippen molar-refractivity contribution in [3.63, 3.8) is 0 Å². The molecule has 1 saturated heterocycles. The Labute approximate surface area is 182 Å². The Kier molecular flexibility index (Phi) is 9.99. The second-order valence-electron chi connectivity index (χ2n) is 6.15. The normalized spacial score (nSPS) is 20.8. The van der Waals surface area contributed by atoms with Gasteiger partial charge in [-0.25, -0.2) is 0 Å². The van der Waals surface area contributed by atoms with Crippen molar-refractivity contribution in [2.75, 3.05) is 6.61 Å². The highest BCUT2D eigenvalue weighted by Crippen LogP contribution is 2.31. The van der Waals surface area contributed by atoms with Gasteiger partial charge in [0.2, 0.25) is 0 Å². The molecule has 0 aromatic carbocycles. The summed E-state index contributed by atoms with van der Waals surface area (Å²) in [6, 6.07) is -0.949. The third-order valence-electron chi connectivity index (χ3n) is 3.50. The molecule has 0 amide bonds. The summed E-state index contributed by atoms with van der Waals surface area (Å²) in [7, 11) is 0. The first-order valence-electron chi connectivity index (χ1n) is 8.70. The standard InChI is InChI=1S/C17H23NO10S2/c1-7(19)24-6-12(25-8(2)20)14(26-9(3)21)15(27-10(4)22)13-16(28-11(5)23)30-17(29)18-13/h12-16H,6H2,1-5H3,(H,18,29)/t12-,13?,14+,15+,16?/m1/s1. The first-order valence-corrected chi connectivity index (χ1v) is 9.98. The number of esters is 5. The van der Waals surface area contributed by atoms with E-state index in [-0.39, 0.29) is 4.32 Å². The Morgan fingerprint density at radius 3 is 1.93 bits per heavy atom. The van der Waals surface area contributed by atoms with Crippen molar-refractivity contribution in [2.45, 2.75) is 64.4 Å². The highest BCUT2D eigenvalue weighted by Gasteiger charge is 2.49. The van der Waals surface area contributed by atoms with Crippen molar-refractivity contribution in [3.05, 3.63) is 0 Å². The van der Waals surface area contributed by atoms with Crippen molar-refractivity contribution in [1.29, 1.82) is 0 Å². The molecular formula is C17H23NO10S2. The van der Waals surface area contributed by atoms with E-state index in [2.05, 4.69) is 5.32 Å². The van der Waals surface area contributed by atoms with Crippen LogP contribution < -0.4 is 5.32 Å². The summed E-state index contributed by atoms with van der Waals surface area (Å²) in [6.07, 6.45) is -4.05. The van der Waals surface area contributed by atoms with Gasteiger partial charge in [0.15, 0.2) is 23.7 Å². The lowest BCUT2D eigenvalue weighted by Crippen LogP contribution is -2.57. The molecule has 1 fully saturated rings. The molecule has 30 heavy (non-hydrogen) atoms. The van der Waals surface area contributed by atoms with E-state index in [9.17, 15) is 24.0 Å². The van der Waals surface area contributed by atoms with Crippen molar-refractivity contribution in [3.8, 4) is 0 Å². The molecule has 0 aliphatic carbocycles. The Bertz CT molecular complexity index is 713. The fourth-order valence-corrected chi connectivity index (χ4v) is 3.99. The molecule has 13 heteroatoms. The van der Waals surface area contributed by atoms with Crippen LogP contribution in [0.2, 0.25) is 0 Å². The predicted molar refractivity (Wildman–Crippen MR) is 106 cm³/mol. The minimum Gasteiger partial charge on any atom is -0.462 e. The van der Waals surface area contributed by atoms with E-state index in [1.165, 1.54) is 6.92 Å². The molecule has 1 N–H and O–H groups in total. The van der Waals surface area contributed by atoms with Crippen LogP contribution >= 0.6 is 24.0 Å². The van der Waals surface area contributed by atoms with Crippen LogP contribution in [0.25, 0.3) is 0 Å². The molecule has 168 valence electrons. The Morgan fingerprint density at radius 1 is 0.900 bits per heavy atom. The van der Waals surface area contributed by atoms with E-state index >= 15 is 0 Å². The van der Waals surface area contributed by atoms with Crippen LogP contribution in [0.15, 0.2) is 0 Å². The fraction of sp³-hybridized carbons (Fsp3) is 0.647. The van der Waals surface area contributed by atoms with Gasteiger partial charge in [0.05, 0.1) is 0 Å². The molecule has 5 atom stereocenters. The zero-order valence-corrected chi connectivity index (χ0v) is 18.6. The summed E-state index contributed by atoms with van der Waals surface area (Å²) in [5.74, 6) is -3.59. The van der Waals surface area contributed by atoms with Gasteiger partial charge in [-0.05, 0) is 0 Å². The Morgan fingerprint density at radius 2 is 1.47 bits per heavy atom. The monoisotopic (exact) mass is 465 g/mol. The third kappa shape index (κ3) is 8.53. The highest BCUT2D eigenvalue weighted by atomic mass is 32.2. The summed E-state index contributed by atoms with van der Waals surface area (Å²) in [4.78, 5) is 57.9. The maximum absolute atomic E-state index is 11.8. The number of ether oxygens (including phenoxy) is 5. The van der Waals surface area contributed by atoms with Crippen LogP contribution in [0, 0.1) is 0 Å². The minimum absolute atomic E-state index is 0.244. The molecule has 11 nitrogen and oxygen atoms in total. The second kappa shape index (κ2) is 11.7. The molecule has 2 unspecified atom stereocenters. The number of carbonyl (C=O) groups is 5. The largest absolute Gasteiger partial charge is 0.462 e. The van der Waals surface area contributed by atoms with E-state index in [4.69, 9.17) is 35.9 Å². The summed E-state index contributed by atoms with van der Waals surface area (Å²) in [6.45, 7) is 5.16. The van der Waals surface area contributed by atoms with Gasteiger partial charge in [0, 0.05) is 34.6 Å². The second-order valence-corrected chi connectivity index (χ2v) is 7.93. The van der Waals surface area contributed by atoms with E-state index in [1.54, 1.807) is 0 Å². The van der Waals surface area contributed by atoms with Gasteiger partial charge >= 0.3 is 29.8 Å². The van der Waals surface area contributed by atoms with Crippen LogP contribution in [0.1, 0.15) is 34.6 Å². The van der Waals surface area contributed by atoms with E-state index < -0.39 is 66.2 Å². The lowest BCUT2D eigenvalue weighted by atomic mass is 10.0. The van der Waals surface area contributed by atoms with Gasteiger partial charge in [-0.15, -0.1) is 0 Å². The zero-order chi connectivity index (χ0) is 23.0. The fourth-order valence-electron chi connectivity index (χ4n) is 2.61. The Hall–Kier alpha value is -2.41. The van der Waals surface area contributed by atoms with Crippen LogP contribution in [0.5, 0.6) is 0 Å². The van der Waals surface area contributed by atoms with Gasteiger partial charge in [-0.2, -0.15) is 0 Å². The molecule has 1 rings (SSSR count). The first kappa shape index (κ1) is 25.6. The van der Waals surface area contributed by atoms with Gasteiger partial charge in [-0.1, -0.05) is 24.0 Å². The van der Waals surface area contributed by atoms with Crippen LogP contribution in [0.4, 0.5) is 0 Å². The van der Waals surface area contributed by atoms with E-state index in [0.717, 1.165) is 39.5 Å². The van der Waals surface area contributed by atoms with E-state index in [1.807, 2.05) is 0 Å². The zero-order valence-electron chi connectivity index (χ0n) is 17.0. The maximum atomic E-state index is 11.8. The predicted octanol–water partition coefficient (Wildman–Crippen LogP) is 0.224. The molecule has 0 spiro atoms. The third-order valence-corrected chi connectivity index (χ3v) is 4.86. The molecule has 1 aliphatic rings. The summed E-state index contributed by atoms with van der Waals surface area (Å²) in [5.41, 5.74) is -0.927. The topological polar surface area (TPSA) is 144 Å². The highest BCUT2D eigenvalue weighted by molar-refractivity contribution is 8.23. The van der Waals surface area contributed by atoms with Gasteiger partial charge < -0.3 is 29.0 Å². The number of thiocarbonyl (C=S) groups is 1. The van der Waals surface area contributed by atoms with E-state index in [0.29, 0.717) is 0 Å².